The van der Waals surface area contributed by atoms with Crippen molar-refractivity contribution in [2.24, 2.45) is 0 Å². The van der Waals surface area contributed by atoms with Gasteiger partial charge in [0.15, 0.2) is 0 Å². The van der Waals surface area contributed by atoms with Gasteiger partial charge in [0.05, 0.1) is 0 Å². The Morgan fingerprint density at radius 2 is 0.824 bits per heavy atom. The molecule has 0 aromatic carbocycles. The summed E-state index contributed by atoms with van der Waals surface area (Å²) in [5, 5.41) is 0. The average Bonchev–Trinajstić information content (AvgIpc) is 2.29. The van der Waals surface area contributed by atoms with Crippen molar-refractivity contribution in [1.29, 1.82) is 0 Å². The highest BCUT2D eigenvalue weighted by Crippen LogP contribution is 2.39. The van der Waals surface area contributed by atoms with Crippen LogP contribution >= 0.6 is 21.4 Å². The van der Waals surface area contributed by atoms with Gasteiger partial charge in [-0.25, -0.2) is 0 Å². The normalized spacial score (nSPS) is 10.6. The minimum absolute atomic E-state index is 0. The molecular formula is C15H33PS. The van der Waals surface area contributed by atoms with Crippen LogP contribution in [0.4, 0.5) is 0 Å². The molecule has 104 valence electrons. The molecular weight excluding hydrogens is 243 g/mol. The predicted molar refractivity (Wildman–Crippen MR) is 87.7 cm³/mol. The van der Waals surface area contributed by atoms with E-state index in [-0.39, 0.29) is 13.5 Å². The van der Waals surface area contributed by atoms with Crippen LogP contribution in [-0.4, -0.2) is 18.5 Å². The Morgan fingerprint density at radius 1 is 0.529 bits per heavy atom. The van der Waals surface area contributed by atoms with Gasteiger partial charge in [0.1, 0.15) is 0 Å². The Balaban J connectivity index is 0. The molecule has 0 bridgehead atoms. The zero-order chi connectivity index (χ0) is 12.1. The molecule has 0 fully saturated rings. The largest absolute Gasteiger partial charge is 0.107 e. The predicted octanol–water partition coefficient (Wildman–Crippen LogP) is 6.69. The molecule has 0 unspecified atom stereocenters. The Kier molecular flexibility index (Phi) is 19.8. The van der Waals surface area contributed by atoms with E-state index < -0.39 is 0 Å². The summed E-state index contributed by atoms with van der Waals surface area (Å²) >= 11 is 0. The van der Waals surface area contributed by atoms with Crippen molar-refractivity contribution in [2.45, 2.75) is 78.6 Å². The van der Waals surface area contributed by atoms with Crippen LogP contribution < -0.4 is 0 Å². The molecule has 0 spiro atoms. The monoisotopic (exact) mass is 276 g/mol. The molecule has 0 saturated heterocycles. The summed E-state index contributed by atoms with van der Waals surface area (Å²) in [6.45, 7) is 6.95. The van der Waals surface area contributed by atoms with Crippen molar-refractivity contribution in [1.82, 2.24) is 0 Å². The van der Waals surface area contributed by atoms with Crippen LogP contribution in [0.15, 0.2) is 0 Å². The van der Waals surface area contributed by atoms with Gasteiger partial charge in [0, 0.05) is 13.5 Å². The van der Waals surface area contributed by atoms with Crippen LogP contribution in [0.5, 0.6) is 0 Å². The van der Waals surface area contributed by atoms with Gasteiger partial charge in [-0.05, 0) is 37.7 Å². The van der Waals surface area contributed by atoms with Crippen molar-refractivity contribution < 1.29 is 0 Å². The van der Waals surface area contributed by atoms with Gasteiger partial charge in [0.2, 0.25) is 0 Å². The molecule has 0 amide bonds. The number of hydrogen-bond acceptors (Lipinski definition) is 0. The maximum Gasteiger partial charge on any atom is 0 e. The van der Waals surface area contributed by atoms with Crippen LogP contribution in [0.1, 0.15) is 78.6 Å². The summed E-state index contributed by atoms with van der Waals surface area (Å²) in [4.78, 5) is 0. The third-order valence-corrected chi connectivity index (χ3v) is 6.08. The smallest absolute Gasteiger partial charge is 0 e. The van der Waals surface area contributed by atoms with Gasteiger partial charge < -0.3 is 0 Å². The summed E-state index contributed by atoms with van der Waals surface area (Å²) in [5.41, 5.74) is 0. The number of hydrogen-bond donors (Lipinski definition) is 0. The van der Waals surface area contributed by atoms with E-state index in [0.29, 0.717) is 7.92 Å². The Hall–Kier alpha value is 0.780. The van der Waals surface area contributed by atoms with E-state index >= 15 is 0 Å². The zero-order valence-corrected chi connectivity index (χ0v) is 14.1. The van der Waals surface area contributed by atoms with Crippen LogP contribution in [0, 0.1) is 0 Å². The van der Waals surface area contributed by atoms with E-state index in [1.807, 2.05) is 0 Å². The van der Waals surface area contributed by atoms with Crippen molar-refractivity contribution in [2.75, 3.05) is 18.5 Å². The average molecular weight is 276 g/mol. The van der Waals surface area contributed by atoms with Crippen LogP contribution in [0.3, 0.4) is 0 Å². The SMILES string of the molecule is CCCCCP(CCCCC)CCCCC.[S]. The van der Waals surface area contributed by atoms with Crippen molar-refractivity contribution in [3.05, 3.63) is 0 Å². The first-order valence-electron chi connectivity index (χ1n) is 7.57. The third-order valence-electron chi connectivity index (χ3n) is 3.23. The van der Waals surface area contributed by atoms with E-state index in [9.17, 15) is 0 Å². The molecule has 0 aromatic heterocycles. The standard InChI is InChI=1S/C15H33P.S/c1-4-7-10-13-16(14-11-8-5-2)15-12-9-6-3;/h4-15H2,1-3H3;. The molecule has 0 heterocycles. The van der Waals surface area contributed by atoms with Crippen molar-refractivity contribution in [3.63, 3.8) is 0 Å². The molecule has 0 aliphatic rings. The molecule has 2 heteroatoms. The summed E-state index contributed by atoms with van der Waals surface area (Å²) in [7, 11) is 0.405. The third kappa shape index (κ3) is 14.7. The molecule has 2 radical (unpaired) electrons. The van der Waals surface area contributed by atoms with E-state index in [4.69, 9.17) is 0 Å². The topological polar surface area (TPSA) is 0 Å². The maximum absolute atomic E-state index is 2.32. The quantitative estimate of drug-likeness (QED) is 0.275. The summed E-state index contributed by atoms with van der Waals surface area (Å²) in [6.07, 6.45) is 17.7. The molecule has 0 N–H and O–H groups in total. The molecule has 0 rings (SSSR count). The van der Waals surface area contributed by atoms with Gasteiger partial charge >= 0.3 is 0 Å². The highest BCUT2D eigenvalue weighted by atomic mass is 32.1. The highest BCUT2D eigenvalue weighted by Gasteiger charge is 2.06. The molecule has 0 atom stereocenters. The summed E-state index contributed by atoms with van der Waals surface area (Å²) in [5.74, 6) is 0. The maximum atomic E-state index is 2.32. The van der Waals surface area contributed by atoms with E-state index in [2.05, 4.69) is 20.8 Å². The lowest BCUT2D eigenvalue weighted by molar-refractivity contribution is 0.749. The second kappa shape index (κ2) is 16.8. The molecule has 0 aromatic rings. The fourth-order valence-corrected chi connectivity index (χ4v) is 4.77. The van der Waals surface area contributed by atoms with Crippen LogP contribution in [-0.2, 0) is 0 Å². The lowest BCUT2D eigenvalue weighted by atomic mass is 10.3. The number of unbranched alkanes of at least 4 members (excludes halogenated alkanes) is 6. The van der Waals surface area contributed by atoms with Gasteiger partial charge in [-0.15, -0.1) is 7.92 Å². The summed E-state index contributed by atoms with van der Waals surface area (Å²) < 4.78 is 0. The zero-order valence-electron chi connectivity index (χ0n) is 12.3. The van der Waals surface area contributed by atoms with E-state index in [1.165, 1.54) is 57.8 Å². The van der Waals surface area contributed by atoms with Gasteiger partial charge in [-0.3, -0.25) is 0 Å². The van der Waals surface area contributed by atoms with Crippen LogP contribution in [0.2, 0.25) is 0 Å². The van der Waals surface area contributed by atoms with Crippen molar-refractivity contribution >= 4 is 21.4 Å². The number of rotatable bonds is 12. The van der Waals surface area contributed by atoms with E-state index in [0.717, 1.165) is 0 Å². The van der Waals surface area contributed by atoms with Gasteiger partial charge in [-0.2, -0.15) is 0 Å². The lowest BCUT2D eigenvalue weighted by Crippen LogP contribution is -1.96. The highest BCUT2D eigenvalue weighted by molar-refractivity contribution is 7.59. The first kappa shape index (κ1) is 20.1. The molecule has 17 heavy (non-hydrogen) atoms. The minimum Gasteiger partial charge on any atom is -0.107 e. The first-order valence-corrected chi connectivity index (χ1v) is 9.47. The molecule has 0 aliphatic carbocycles. The Bertz CT molecular complexity index is 104. The van der Waals surface area contributed by atoms with Gasteiger partial charge in [-0.1, -0.05) is 59.3 Å². The fraction of sp³-hybridized carbons (Fsp3) is 1.00. The summed E-state index contributed by atoms with van der Waals surface area (Å²) in [6, 6.07) is 0. The first-order chi connectivity index (χ1) is 7.85. The van der Waals surface area contributed by atoms with Crippen LogP contribution in [0.25, 0.3) is 0 Å². The van der Waals surface area contributed by atoms with Crippen molar-refractivity contribution in [3.8, 4) is 0 Å². The lowest BCUT2D eigenvalue weighted by Gasteiger charge is -2.17. The second-order valence-electron chi connectivity index (χ2n) is 4.96. The molecule has 0 aliphatic heterocycles. The minimum atomic E-state index is 0. The second-order valence-corrected chi connectivity index (χ2v) is 7.65. The van der Waals surface area contributed by atoms with Gasteiger partial charge in [0.25, 0.3) is 0 Å². The van der Waals surface area contributed by atoms with E-state index in [1.54, 1.807) is 18.5 Å². The Morgan fingerprint density at radius 3 is 1.06 bits per heavy atom. The molecule has 0 nitrogen and oxygen atoms in total. The fourth-order valence-electron chi connectivity index (χ4n) is 2.09. The molecule has 0 saturated carbocycles. The Labute approximate surface area is 119 Å².